The molecule has 2 aromatic carbocycles. The fourth-order valence-corrected chi connectivity index (χ4v) is 3.79. The summed E-state index contributed by atoms with van der Waals surface area (Å²) in [5.74, 6) is 0.818. The van der Waals surface area contributed by atoms with E-state index in [1.807, 2.05) is 30.3 Å². The van der Waals surface area contributed by atoms with E-state index in [0.29, 0.717) is 12.2 Å². The van der Waals surface area contributed by atoms with E-state index < -0.39 is 10.0 Å². The van der Waals surface area contributed by atoms with E-state index in [1.165, 1.54) is 18.4 Å². The lowest BCUT2D eigenvalue weighted by Crippen LogP contribution is -2.23. The number of hydrogen-bond donors (Lipinski definition) is 0. The summed E-state index contributed by atoms with van der Waals surface area (Å²) in [5.41, 5.74) is 1.64. The van der Waals surface area contributed by atoms with Crippen molar-refractivity contribution in [2.24, 2.45) is 0 Å². The maximum Gasteiger partial charge on any atom is 0.242 e. The monoisotopic (exact) mass is 374 g/mol. The summed E-state index contributed by atoms with van der Waals surface area (Å²) in [4.78, 5) is 13.8. The van der Waals surface area contributed by atoms with Crippen LogP contribution in [-0.4, -0.2) is 39.3 Å². The first-order valence-corrected chi connectivity index (χ1v) is 9.86. The largest absolute Gasteiger partial charge is 0.489 e. The van der Waals surface area contributed by atoms with Crippen LogP contribution in [0.4, 0.5) is 5.69 Å². The number of nitrogens with zero attached hydrogens (tertiary/aromatic N) is 2. The van der Waals surface area contributed by atoms with Crippen LogP contribution in [0.5, 0.6) is 5.75 Å². The Morgan fingerprint density at radius 2 is 1.85 bits per heavy atom. The number of rotatable bonds is 6. The molecule has 0 unspecified atom stereocenters. The molecule has 1 fully saturated rings. The van der Waals surface area contributed by atoms with Crippen molar-refractivity contribution in [1.82, 2.24) is 4.31 Å². The van der Waals surface area contributed by atoms with Gasteiger partial charge in [0.1, 0.15) is 12.4 Å². The quantitative estimate of drug-likeness (QED) is 0.780. The second-order valence-electron chi connectivity index (χ2n) is 6.37. The number of carbonyl (C=O) groups excluding carboxylic acids is 1. The third-order valence-corrected chi connectivity index (χ3v) is 6.12. The van der Waals surface area contributed by atoms with Gasteiger partial charge in [0, 0.05) is 32.7 Å². The summed E-state index contributed by atoms with van der Waals surface area (Å²) in [6.07, 6.45) is 1.49. The van der Waals surface area contributed by atoms with Crippen LogP contribution in [-0.2, 0) is 21.4 Å². The molecule has 0 spiro atoms. The Labute approximate surface area is 154 Å². The van der Waals surface area contributed by atoms with Crippen LogP contribution < -0.4 is 9.64 Å². The Morgan fingerprint density at radius 1 is 1.12 bits per heavy atom. The maximum absolute atomic E-state index is 12.2. The second-order valence-corrected chi connectivity index (χ2v) is 8.52. The summed E-state index contributed by atoms with van der Waals surface area (Å²) in [7, 11) is -0.452. The van der Waals surface area contributed by atoms with Gasteiger partial charge in [-0.3, -0.25) is 4.79 Å². The molecule has 1 aliphatic heterocycles. The fourth-order valence-electron chi connectivity index (χ4n) is 2.82. The van der Waals surface area contributed by atoms with Crippen molar-refractivity contribution >= 4 is 21.6 Å². The van der Waals surface area contributed by atoms with Gasteiger partial charge < -0.3 is 9.64 Å². The van der Waals surface area contributed by atoms with Crippen molar-refractivity contribution in [2.45, 2.75) is 24.3 Å². The number of carbonyl (C=O) groups is 1. The standard InChI is InChI=1S/C19H22N2O4S/c1-20(2)26(23,24)18-6-3-5-15(13-18)14-25-17-10-8-16(9-11-17)21-12-4-7-19(21)22/h3,5-6,8-11,13H,4,7,12,14H2,1-2H3. The number of sulfonamides is 1. The Balaban J connectivity index is 1.67. The van der Waals surface area contributed by atoms with Crippen LogP contribution in [0.1, 0.15) is 18.4 Å². The number of benzene rings is 2. The summed E-state index contributed by atoms with van der Waals surface area (Å²) in [6, 6.07) is 14.1. The zero-order valence-electron chi connectivity index (χ0n) is 14.9. The summed E-state index contributed by atoms with van der Waals surface area (Å²) < 4.78 is 31.3. The van der Waals surface area contributed by atoms with Gasteiger partial charge in [-0.15, -0.1) is 0 Å². The molecule has 3 rings (SSSR count). The molecule has 138 valence electrons. The lowest BCUT2D eigenvalue weighted by molar-refractivity contribution is -0.117. The number of hydrogen-bond acceptors (Lipinski definition) is 4. The molecule has 1 saturated heterocycles. The summed E-state index contributed by atoms with van der Waals surface area (Å²) in [5, 5.41) is 0. The van der Waals surface area contributed by atoms with Gasteiger partial charge in [0.2, 0.25) is 15.9 Å². The van der Waals surface area contributed by atoms with Gasteiger partial charge in [-0.05, 0) is 48.4 Å². The molecule has 1 amide bonds. The number of amides is 1. The van der Waals surface area contributed by atoms with Gasteiger partial charge in [-0.2, -0.15) is 0 Å². The van der Waals surface area contributed by atoms with E-state index >= 15 is 0 Å². The van der Waals surface area contributed by atoms with Crippen molar-refractivity contribution < 1.29 is 17.9 Å². The third kappa shape index (κ3) is 3.89. The number of anilines is 1. The smallest absolute Gasteiger partial charge is 0.242 e. The zero-order valence-corrected chi connectivity index (χ0v) is 15.7. The van der Waals surface area contributed by atoms with Crippen molar-refractivity contribution in [2.75, 3.05) is 25.5 Å². The van der Waals surface area contributed by atoms with E-state index in [1.54, 1.807) is 23.1 Å². The molecule has 0 bridgehead atoms. The molecule has 0 atom stereocenters. The Morgan fingerprint density at radius 3 is 2.46 bits per heavy atom. The molecular formula is C19H22N2O4S. The molecule has 6 nitrogen and oxygen atoms in total. The predicted molar refractivity (Wildman–Crippen MR) is 99.7 cm³/mol. The first-order valence-electron chi connectivity index (χ1n) is 8.42. The van der Waals surface area contributed by atoms with E-state index in [0.717, 1.165) is 24.2 Å². The SMILES string of the molecule is CN(C)S(=O)(=O)c1cccc(COc2ccc(N3CCCC3=O)cc2)c1. The second kappa shape index (κ2) is 7.47. The van der Waals surface area contributed by atoms with E-state index in [4.69, 9.17) is 4.74 Å². The highest BCUT2D eigenvalue weighted by Crippen LogP contribution is 2.24. The highest BCUT2D eigenvalue weighted by Gasteiger charge is 2.21. The van der Waals surface area contributed by atoms with Crippen LogP contribution in [0.2, 0.25) is 0 Å². The first kappa shape index (κ1) is 18.4. The molecule has 26 heavy (non-hydrogen) atoms. The molecular weight excluding hydrogens is 352 g/mol. The van der Waals surface area contributed by atoms with Crippen LogP contribution in [0.3, 0.4) is 0 Å². The molecule has 1 aliphatic rings. The minimum atomic E-state index is -3.46. The molecule has 1 heterocycles. The molecule has 0 saturated carbocycles. The van der Waals surface area contributed by atoms with E-state index in [9.17, 15) is 13.2 Å². The lowest BCUT2D eigenvalue weighted by atomic mass is 10.2. The highest BCUT2D eigenvalue weighted by molar-refractivity contribution is 7.89. The van der Waals surface area contributed by atoms with Gasteiger partial charge in [0.05, 0.1) is 4.90 Å². The van der Waals surface area contributed by atoms with Crippen LogP contribution in [0.25, 0.3) is 0 Å². The average molecular weight is 374 g/mol. The van der Waals surface area contributed by atoms with Gasteiger partial charge in [-0.25, -0.2) is 12.7 Å². The average Bonchev–Trinajstić information content (AvgIpc) is 3.06. The van der Waals surface area contributed by atoms with Crippen LogP contribution >= 0.6 is 0 Å². The van der Waals surface area contributed by atoms with Gasteiger partial charge >= 0.3 is 0 Å². The lowest BCUT2D eigenvalue weighted by Gasteiger charge is -2.16. The van der Waals surface area contributed by atoms with Gasteiger partial charge in [0.15, 0.2) is 0 Å². The van der Waals surface area contributed by atoms with E-state index in [2.05, 4.69) is 0 Å². The Hall–Kier alpha value is -2.38. The molecule has 0 aliphatic carbocycles. The molecule has 7 heteroatoms. The Bertz CT molecular complexity index is 892. The van der Waals surface area contributed by atoms with Crippen LogP contribution in [0, 0.1) is 0 Å². The fraction of sp³-hybridized carbons (Fsp3) is 0.316. The first-order chi connectivity index (χ1) is 12.4. The minimum Gasteiger partial charge on any atom is -0.489 e. The molecule has 0 aromatic heterocycles. The predicted octanol–water partition coefficient (Wildman–Crippen LogP) is 2.64. The van der Waals surface area contributed by atoms with Crippen molar-refractivity contribution in [3.63, 3.8) is 0 Å². The zero-order chi connectivity index (χ0) is 18.7. The van der Waals surface area contributed by atoms with Gasteiger partial charge in [0.25, 0.3) is 0 Å². The van der Waals surface area contributed by atoms with Gasteiger partial charge in [-0.1, -0.05) is 12.1 Å². The van der Waals surface area contributed by atoms with Crippen molar-refractivity contribution in [3.05, 3.63) is 54.1 Å². The topological polar surface area (TPSA) is 66.9 Å². The molecule has 2 aromatic rings. The van der Waals surface area contributed by atoms with E-state index in [-0.39, 0.29) is 17.4 Å². The van der Waals surface area contributed by atoms with Crippen molar-refractivity contribution in [1.29, 1.82) is 0 Å². The highest BCUT2D eigenvalue weighted by atomic mass is 32.2. The third-order valence-electron chi connectivity index (χ3n) is 4.30. The summed E-state index contributed by atoms with van der Waals surface area (Å²) in [6.45, 7) is 1.02. The molecule has 0 N–H and O–H groups in total. The minimum absolute atomic E-state index is 0.151. The normalized spacial score (nSPS) is 14.9. The summed E-state index contributed by atoms with van der Waals surface area (Å²) >= 11 is 0. The molecule has 0 radical (unpaired) electrons. The number of ether oxygens (including phenoxy) is 1. The van der Waals surface area contributed by atoms with Crippen molar-refractivity contribution in [3.8, 4) is 5.75 Å². The maximum atomic E-state index is 12.2. The Kier molecular flexibility index (Phi) is 5.29. The van der Waals surface area contributed by atoms with Crippen LogP contribution in [0.15, 0.2) is 53.4 Å².